The second-order valence-corrected chi connectivity index (χ2v) is 13.8. The normalized spacial score (nSPS) is 11.3. The summed E-state index contributed by atoms with van der Waals surface area (Å²) in [6, 6.07) is 58.2. The Balaban J connectivity index is 1.09. The molecule has 0 unspecified atom stereocenters. The third-order valence-corrected chi connectivity index (χ3v) is 10.2. The average Bonchev–Trinajstić information content (AvgIpc) is 3.93. The van der Waals surface area contributed by atoms with E-state index < -0.39 is 5.54 Å². The predicted molar refractivity (Wildman–Crippen MR) is 224 cm³/mol. The summed E-state index contributed by atoms with van der Waals surface area (Å²) in [6.07, 6.45) is 3.60. The molecule has 0 bridgehead atoms. The first-order chi connectivity index (χ1) is 28.1. The summed E-state index contributed by atoms with van der Waals surface area (Å²) < 4.78 is 9.16. The molecule has 9 nitrogen and oxygen atoms in total. The van der Waals surface area contributed by atoms with Crippen LogP contribution in [0, 0.1) is 0 Å². The van der Waals surface area contributed by atoms with Gasteiger partial charge in [0.1, 0.15) is 11.1 Å². The van der Waals surface area contributed by atoms with E-state index in [1.165, 1.54) is 5.56 Å². The van der Waals surface area contributed by atoms with Gasteiger partial charge >= 0.3 is 5.97 Å². The SMILES string of the molecule is CCOC(=O)c1cn(CCCc2ccccc2)nc1NCc1ccc(-c2ccccc2-c2nnnn2C(c2ccccc2)(c2ccccc2)c2ccccc2)cc1. The summed E-state index contributed by atoms with van der Waals surface area (Å²) in [4.78, 5) is 12.9. The first-order valence-corrected chi connectivity index (χ1v) is 19.3. The Kier molecular flexibility index (Phi) is 11.1. The van der Waals surface area contributed by atoms with Gasteiger partial charge < -0.3 is 10.1 Å². The van der Waals surface area contributed by atoms with Crippen molar-refractivity contribution in [3.8, 4) is 22.5 Å². The van der Waals surface area contributed by atoms with Gasteiger partial charge in [0.25, 0.3) is 0 Å². The van der Waals surface area contributed by atoms with Crippen molar-refractivity contribution in [1.82, 2.24) is 30.0 Å². The minimum absolute atomic E-state index is 0.290. The van der Waals surface area contributed by atoms with E-state index in [2.05, 4.69) is 144 Å². The summed E-state index contributed by atoms with van der Waals surface area (Å²) in [5, 5.41) is 21.9. The van der Waals surface area contributed by atoms with Gasteiger partial charge in [0.2, 0.25) is 0 Å². The molecule has 8 rings (SSSR count). The van der Waals surface area contributed by atoms with Crippen molar-refractivity contribution in [2.24, 2.45) is 0 Å². The van der Waals surface area contributed by atoms with E-state index in [4.69, 9.17) is 20.1 Å². The minimum atomic E-state index is -0.872. The molecule has 0 aliphatic rings. The fourth-order valence-electron chi connectivity index (χ4n) is 7.52. The lowest BCUT2D eigenvalue weighted by molar-refractivity contribution is 0.0527. The highest BCUT2D eigenvalue weighted by molar-refractivity contribution is 5.94. The molecule has 2 aromatic heterocycles. The van der Waals surface area contributed by atoms with Gasteiger partial charge in [-0.05, 0) is 69.1 Å². The Morgan fingerprint density at radius 1 is 0.667 bits per heavy atom. The Labute approximate surface area is 332 Å². The zero-order chi connectivity index (χ0) is 38.9. The van der Waals surface area contributed by atoms with E-state index >= 15 is 0 Å². The van der Waals surface area contributed by atoms with Crippen LogP contribution in [0.5, 0.6) is 0 Å². The number of hydrogen-bond donors (Lipinski definition) is 1. The Morgan fingerprint density at radius 2 is 1.23 bits per heavy atom. The molecule has 0 saturated heterocycles. The van der Waals surface area contributed by atoms with E-state index in [1.54, 1.807) is 6.20 Å². The molecular formula is C48H43N7O2. The highest BCUT2D eigenvalue weighted by Crippen LogP contribution is 2.43. The molecule has 0 aliphatic carbocycles. The summed E-state index contributed by atoms with van der Waals surface area (Å²) in [5.41, 5.74) is 7.88. The molecule has 0 aliphatic heterocycles. The molecule has 0 radical (unpaired) electrons. The second-order valence-electron chi connectivity index (χ2n) is 13.8. The highest BCUT2D eigenvalue weighted by atomic mass is 16.5. The van der Waals surface area contributed by atoms with Crippen LogP contribution in [-0.2, 0) is 29.8 Å². The third-order valence-electron chi connectivity index (χ3n) is 10.2. The molecule has 282 valence electrons. The Morgan fingerprint density at radius 3 is 1.82 bits per heavy atom. The standard InChI is InChI=1S/C48H43N7O2/c1-2-57-47(56)44-35-54(33-17-20-36-18-7-3-8-19-36)51-45(44)49-34-37-29-31-38(32-30-37)42-27-15-16-28-43(42)46-50-52-53-55(46)48(39-21-9-4-10-22-39,40-23-11-5-12-24-40)41-25-13-6-14-26-41/h3-16,18-19,21-32,35H,2,17,20,33-34H2,1H3,(H,49,51). The van der Waals surface area contributed by atoms with E-state index in [9.17, 15) is 4.79 Å². The van der Waals surface area contributed by atoms with Crippen LogP contribution >= 0.6 is 0 Å². The average molecular weight is 750 g/mol. The van der Waals surface area contributed by atoms with Crippen LogP contribution in [0.25, 0.3) is 22.5 Å². The predicted octanol–water partition coefficient (Wildman–Crippen LogP) is 9.47. The summed E-state index contributed by atoms with van der Waals surface area (Å²) in [5.74, 6) is 0.756. The number of ether oxygens (including phenoxy) is 1. The molecule has 8 aromatic rings. The van der Waals surface area contributed by atoms with Crippen molar-refractivity contribution in [1.29, 1.82) is 0 Å². The minimum Gasteiger partial charge on any atom is -0.462 e. The maximum Gasteiger partial charge on any atom is 0.343 e. The molecule has 0 fully saturated rings. The maximum absolute atomic E-state index is 12.9. The molecule has 0 amide bonds. The van der Waals surface area contributed by atoms with E-state index in [-0.39, 0.29) is 5.97 Å². The highest BCUT2D eigenvalue weighted by Gasteiger charge is 2.42. The lowest BCUT2D eigenvalue weighted by atomic mass is 9.77. The number of nitrogens with zero attached hydrogens (tertiary/aromatic N) is 6. The number of nitrogens with one attached hydrogen (secondary N) is 1. The van der Waals surface area contributed by atoms with Crippen molar-refractivity contribution < 1.29 is 9.53 Å². The first kappa shape index (κ1) is 36.8. The van der Waals surface area contributed by atoms with Gasteiger partial charge in [-0.25, -0.2) is 9.48 Å². The molecular weight excluding hydrogens is 707 g/mol. The number of carbonyl (C=O) groups is 1. The molecule has 9 heteroatoms. The number of carbonyl (C=O) groups excluding carboxylic acids is 1. The van der Waals surface area contributed by atoms with Crippen LogP contribution in [0.1, 0.15) is 51.5 Å². The monoisotopic (exact) mass is 749 g/mol. The van der Waals surface area contributed by atoms with Crippen LogP contribution < -0.4 is 5.32 Å². The van der Waals surface area contributed by atoms with Crippen molar-refractivity contribution >= 4 is 11.8 Å². The molecule has 0 saturated carbocycles. The molecule has 0 spiro atoms. The number of aryl methyl sites for hydroxylation is 2. The van der Waals surface area contributed by atoms with Gasteiger partial charge in [-0.2, -0.15) is 5.10 Å². The van der Waals surface area contributed by atoms with Gasteiger partial charge in [-0.3, -0.25) is 4.68 Å². The van der Waals surface area contributed by atoms with Crippen LogP contribution in [-0.4, -0.2) is 42.6 Å². The summed E-state index contributed by atoms with van der Waals surface area (Å²) in [7, 11) is 0. The Bertz CT molecular complexity index is 2420. The number of aromatic nitrogens is 6. The molecule has 0 atom stereocenters. The summed E-state index contributed by atoms with van der Waals surface area (Å²) in [6.45, 7) is 3.25. The van der Waals surface area contributed by atoms with Crippen LogP contribution in [0.3, 0.4) is 0 Å². The molecule has 1 N–H and O–H groups in total. The quantitative estimate of drug-likeness (QED) is 0.0824. The lowest BCUT2D eigenvalue weighted by Gasteiger charge is -2.36. The van der Waals surface area contributed by atoms with Crippen molar-refractivity contribution in [3.05, 3.63) is 209 Å². The topological polar surface area (TPSA) is 99.8 Å². The second kappa shape index (κ2) is 17.1. The number of anilines is 1. The number of hydrogen-bond acceptors (Lipinski definition) is 7. The largest absolute Gasteiger partial charge is 0.462 e. The van der Waals surface area contributed by atoms with Gasteiger partial charge in [-0.15, -0.1) is 5.10 Å². The van der Waals surface area contributed by atoms with E-state index in [1.807, 2.05) is 52.7 Å². The number of esters is 1. The molecule has 57 heavy (non-hydrogen) atoms. The van der Waals surface area contributed by atoms with Crippen LogP contribution in [0.4, 0.5) is 5.82 Å². The maximum atomic E-state index is 12.9. The first-order valence-electron chi connectivity index (χ1n) is 19.3. The van der Waals surface area contributed by atoms with Gasteiger partial charge in [0, 0.05) is 24.8 Å². The zero-order valence-electron chi connectivity index (χ0n) is 31.8. The fourth-order valence-corrected chi connectivity index (χ4v) is 7.52. The van der Waals surface area contributed by atoms with Gasteiger partial charge in [0.05, 0.1) is 6.61 Å². The van der Waals surface area contributed by atoms with Crippen molar-refractivity contribution in [2.45, 2.75) is 38.4 Å². The number of tetrazole rings is 1. The van der Waals surface area contributed by atoms with Gasteiger partial charge in [0.15, 0.2) is 11.6 Å². The molecule has 2 heterocycles. The number of benzene rings is 6. The van der Waals surface area contributed by atoms with Crippen molar-refractivity contribution in [2.75, 3.05) is 11.9 Å². The third kappa shape index (κ3) is 7.73. The van der Waals surface area contributed by atoms with Crippen molar-refractivity contribution in [3.63, 3.8) is 0 Å². The van der Waals surface area contributed by atoms with Gasteiger partial charge in [-0.1, -0.05) is 170 Å². The smallest absolute Gasteiger partial charge is 0.343 e. The lowest BCUT2D eigenvalue weighted by Crippen LogP contribution is -2.39. The number of rotatable bonds is 15. The van der Waals surface area contributed by atoms with E-state index in [0.29, 0.717) is 36.9 Å². The van der Waals surface area contributed by atoms with E-state index in [0.717, 1.165) is 51.8 Å². The summed E-state index contributed by atoms with van der Waals surface area (Å²) >= 11 is 0. The Hall–Kier alpha value is -7.13. The fraction of sp³-hybridized carbons (Fsp3) is 0.146. The zero-order valence-corrected chi connectivity index (χ0v) is 31.8. The van der Waals surface area contributed by atoms with Crippen LogP contribution in [0.15, 0.2) is 176 Å². The van der Waals surface area contributed by atoms with Crippen LogP contribution in [0.2, 0.25) is 0 Å². The molecule has 6 aromatic carbocycles.